The van der Waals surface area contributed by atoms with Crippen molar-refractivity contribution in [2.45, 2.75) is 36.9 Å². The lowest BCUT2D eigenvalue weighted by Gasteiger charge is -2.21. The van der Waals surface area contributed by atoms with Gasteiger partial charge < -0.3 is 5.32 Å². The predicted octanol–water partition coefficient (Wildman–Crippen LogP) is 2.51. The fourth-order valence-electron chi connectivity index (χ4n) is 4.30. The standard InChI is InChI=1S/C16H22N2O2S.ClH/c1-2-16(14-9-17-10-15(14)16)11-4-3-5-12(8-11)18-21(19,20)13-6-7-13;/h3-5,8,13-15,17-18H,2,6-7,9-10H2,1H3;1H/t14-,15+,16?;. The number of halogens is 1. The molecule has 1 heterocycles. The molecular formula is C16H23ClN2O2S. The van der Waals surface area contributed by atoms with Crippen LogP contribution in [0.5, 0.6) is 0 Å². The van der Waals surface area contributed by atoms with Crippen LogP contribution >= 0.6 is 12.4 Å². The zero-order valence-corrected chi connectivity index (χ0v) is 14.3. The maximum absolute atomic E-state index is 12.1. The minimum Gasteiger partial charge on any atom is -0.316 e. The van der Waals surface area contributed by atoms with Gasteiger partial charge in [-0.15, -0.1) is 12.4 Å². The number of nitrogens with one attached hydrogen (secondary N) is 2. The molecular weight excluding hydrogens is 320 g/mol. The molecule has 2 aliphatic carbocycles. The number of anilines is 1. The summed E-state index contributed by atoms with van der Waals surface area (Å²) < 4.78 is 26.9. The van der Waals surface area contributed by atoms with Gasteiger partial charge in [0.2, 0.25) is 10.0 Å². The van der Waals surface area contributed by atoms with Crippen LogP contribution in [-0.4, -0.2) is 26.8 Å². The smallest absolute Gasteiger partial charge is 0.235 e. The molecule has 2 N–H and O–H groups in total. The van der Waals surface area contributed by atoms with Gasteiger partial charge in [-0.1, -0.05) is 19.1 Å². The number of hydrogen-bond donors (Lipinski definition) is 2. The third kappa shape index (κ3) is 2.34. The molecule has 1 unspecified atom stereocenters. The van der Waals surface area contributed by atoms with Gasteiger partial charge in [-0.05, 0) is 61.9 Å². The van der Waals surface area contributed by atoms with E-state index in [1.54, 1.807) is 0 Å². The maximum Gasteiger partial charge on any atom is 0.235 e. The maximum atomic E-state index is 12.1. The fraction of sp³-hybridized carbons (Fsp3) is 0.625. The molecule has 0 aromatic heterocycles. The Balaban J connectivity index is 0.00000144. The van der Waals surface area contributed by atoms with Crippen LogP contribution in [0.15, 0.2) is 24.3 Å². The Morgan fingerprint density at radius 1 is 1.27 bits per heavy atom. The highest BCUT2D eigenvalue weighted by molar-refractivity contribution is 7.93. The summed E-state index contributed by atoms with van der Waals surface area (Å²) in [5, 5.41) is 3.27. The molecule has 3 fully saturated rings. The lowest BCUT2D eigenvalue weighted by atomic mass is 9.87. The van der Waals surface area contributed by atoms with Crippen LogP contribution in [0.4, 0.5) is 5.69 Å². The van der Waals surface area contributed by atoms with Crippen LogP contribution in [-0.2, 0) is 15.4 Å². The highest BCUT2D eigenvalue weighted by Gasteiger charge is 2.65. The Hall–Kier alpha value is -0.780. The van der Waals surface area contributed by atoms with Crippen molar-refractivity contribution in [2.24, 2.45) is 11.8 Å². The lowest BCUT2D eigenvalue weighted by molar-refractivity contribution is 0.502. The summed E-state index contributed by atoms with van der Waals surface area (Å²) in [7, 11) is -3.17. The number of rotatable bonds is 5. The van der Waals surface area contributed by atoms with E-state index in [4.69, 9.17) is 0 Å². The fourth-order valence-corrected chi connectivity index (χ4v) is 5.68. The molecule has 1 aromatic rings. The van der Waals surface area contributed by atoms with E-state index in [-0.39, 0.29) is 23.1 Å². The van der Waals surface area contributed by atoms with E-state index in [2.05, 4.69) is 29.1 Å². The molecule has 4 rings (SSSR count). The zero-order valence-electron chi connectivity index (χ0n) is 12.7. The monoisotopic (exact) mass is 342 g/mol. The van der Waals surface area contributed by atoms with E-state index in [0.29, 0.717) is 0 Å². The molecule has 0 bridgehead atoms. The van der Waals surface area contributed by atoms with E-state index in [0.717, 1.165) is 49.9 Å². The Morgan fingerprint density at radius 3 is 2.55 bits per heavy atom. The summed E-state index contributed by atoms with van der Waals surface area (Å²) >= 11 is 0. The first-order valence-electron chi connectivity index (χ1n) is 7.91. The van der Waals surface area contributed by atoms with E-state index in [9.17, 15) is 8.42 Å². The van der Waals surface area contributed by atoms with Gasteiger partial charge in [-0.25, -0.2) is 8.42 Å². The minimum absolute atomic E-state index is 0. The van der Waals surface area contributed by atoms with Gasteiger partial charge in [0.25, 0.3) is 0 Å². The number of fused-ring (bicyclic) bond motifs is 1. The average Bonchev–Trinajstić information content (AvgIpc) is 3.36. The molecule has 6 heteroatoms. The van der Waals surface area contributed by atoms with Crippen LogP contribution < -0.4 is 10.0 Å². The molecule has 3 atom stereocenters. The molecule has 122 valence electrons. The summed E-state index contributed by atoms with van der Waals surface area (Å²) in [4.78, 5) is 0. The Morgan fingerprint density at radius 2 is 1.95 bits per heavy atom. The van der Waals surface area contributed by atoms with Crippen molar-refractivity contribution in [1.82, 2.24) is 5.32 Å². The van der Waals surface area contributed by atoms with Crippen molar-refractivity contribution >= 4 is 28.1 Å². The molecule has 1 saturated heterocycles. The predicted molar refractivity (Wildman–Crippen MR) is 91.1 cm³/mol. The summed E-state index contributed by atoms with van der Waals surface area (Å²) in [6, 6.07) is 8.07. The summed E-state index contributed by atoms with van der Waals surface area (Å²) in [6.07, 6.45) is 2.72. The second-order valence-electron chi connectivity index (χ2n) is 6.69. The van der Waals surface area contributed by atoms with E-state index in [1.165, 1.54) is 5.56 Å². The van der Waals surface area contributed by atoms with Crippen molar-refractivity contribution in [2.75, 3.05) is 17.8 Å². The van der Waals surface area contributed by atoms with Gasteiger partial charge >= 0.3 is 0 Å². The number of benzene rings is 1. The van der Waals surface area contributed by atoms with E-state index >= 15 is 0 Å². The van der Waals surface area contributed by atoms with Crippen LogP contribution in [0.1, 0.15) is 31.7 Å². The number of hydrogen-bond acceptors (Lipinski definition) is 3. The van der Waals surface area contributed by atoms with Crippen LogP contribution in [0, 0.1) is 11.8 Å². The zero-order chi connectivity index (χ0) is 14.7. The molecule has 0 radical (unpaired) electrons. The van der Waals surface area contributed by atoms with Crippen molar-refractivity contribution < 1.29 is 8.42 Å². The largest absolute Gasteiger partial charge is 0.316 e. The Kier molecular flexibility index (Phi) is 3.94. The first kappa shape index (κ1) is 16.1. The van der Waals surface area contributed by atoms with Crippen LogP contribution in [0.2, 0.25) is 0 Å². The second kappa shape index (κ2) is 5.39. The quantitative estimate of drug-likeness (QED) is 0.864. The van der Waals surface area contributed by atoms with Gasteiger partial charge in [-0.2, -0.15) is 0 Å². The van der Waals surface area contributed by atoms with Crippen molar-refractivity contribution in [1.29, 1.82) is 0 Å². The first-order valence-corrected chi connectivity index (χ1v) is 9.45. The van der Waals surface area contributed by atoms with Crippen molar-refractivity contribution in [3.63, 3.8) is 0 Å². The molecule has 22 heavy (non-hydrogen) atoms. The summed E-state index contributed by atoms with van der Waals surface area (Å²) in [5.41, 5.74) is 2.30. The molecule has 3 aliphatic rings. The van der Waals surface area contributed by atoms with Gasteiger partial charge in [0.05, 0.1) is 5.25 Å². The van der Waals surface area contributed by atoms with Gasteiger partial charge in [0, 0.05) is 11.1 Å². The van der Waals surface area contributed by atoms with Gasteiger partial charge in [0.1, 0.15) is 0 Å². The summed E-state index contributed by atoms with van der Waals surface area (Å²) in [6.45, 7) is 4.44. The average molecular weight is 343 g/mol. The van der Waals surface area contributed by atoms with E-state index in [1.807, 2.05) is 12.1 Å². The Labute approximate surface area is 138 Å². The van der Waals surface area contributed by atoms with Crippen molar-refractivity contribution in [3.8, 4) is 0 Å². The third-order valence-electron chi connectivity index (χ3n) is 5.64. The van der Waals surface area contributed by atoms with Crippen LogP contribution in [0.3, 0.4) is 0 Å². The summed E-state index contributed by atoms with van der Waals surface area (Å²) in [5.74, 6) is 1.44. The second-order valence-corrected chi connectivity index (χ2v) is 8.65. The molecule has 0 spiro atoms. The molecule has 2 saturated carbocycles. The molecule has 1 aliphatic heterocycles. The van der Waals surface area contributed by atoms with E-state index < -0.39 is 10.0 Å². The van der Waals surface area contributed by atoms with Gasteiger partial charge in [0.15, 0.2) is 0 Å². The Bertz CT molecular complexity index is 662. The molecule has 4 nitrogen and oxygen atoms in total. The van der Waals surface area contributed by atoms with Gasteiger partial charge in [-0.3, -0.25) is 4.72 Å². The number of piperidine rings is 1. The highest BCUT2D eigenvalue weighted by Crippen LogP contribution is 2.63. The lowest BCUT2D eigenvalue weighted by Crippen LogP contribution is -2.25. The minimum atomic E-state index is -3.17. The first-order chi connectivity index (χ1) is 10.1. The topological polar surface area (TPSA) is 58.2 Å². The van der Waals surface area contributed by atoms with Crippen LogP contribution in [0.25, 0.3) is 0 Å². The van der Waals surface area contributed by atoms with Crippen molar-refractivity contribution in [3.05, 3.63) is 29.8 Å². The molecule has 1 aromatic carbocycles. The normalized spacial score (nSPS) is 33.0. The highest BCUT2D eigenvalue weighted by atomic mass is 35.5. The third-order valence-corrected chi connectivity index (χ3v) is 7.51. The molecule has 0 amide bonds. The SMILES string of the molecule is CCC1(c2cccc(NS(=O)(=O)C3CC3)c2)[C@@H]2CNC[C@@H]21.Cl. The number of sulfonamides is 1.